The van der Waals surface area contributed by atoms with Gasteiger partial charge in [-0.2, -0.15) is 0 Å². The molecular formula is C12H20NO3S-. The highest BCUT2D eigenvalue weighted by Gasteiger charge is 2.37. The SMILES string of the molecule is CCCCC(=O)N1[C@@H](CCC)SC[C@H]1C(=O)[O-]. The van der Waals surface area contributed by atoms with Gasteiger partial charge in [-0.05, 0) is 12.8 Å². The number of carbonyl (C=O) groups is 2. The van der Waals surface area contributed by atoms with Crippen molar-refractivity contribution in [3.8, 4) is 0 Å². The first-order valence-electron chi connectivity index (χ1n) is 6.25. The van der Waals surface area contributed by atoms with Crippen LogP contribution in [-0.2, 0) is 9.59 Å². The molecule has 1 aliphatic rings. The van der Waals surface area contributed by atoms with Crippen molar-refractivity contribution in [2.24, 2.45) is 0 Å². The first-order chi connectivity index (χ1) is 8.11. The van der Waals surface area contributed by atoms with E-state index in [-0.39, 0.29) is 11.3 Å². The van der Waals surface area contributed by atoms with Gasteiger partial charge in [-0.15, -0.1) is 11.8 Å². The minimum atomic E-state index is -1.12. The van der Waals surface area contributed by atoms with Gasteiger partial charge in [0, 0.05) is 12.2 Å². The summed E-state index contributed by atoms with van der Waals surface area (Å²) in [5.41, 5.74) is 0. The second-order valence-electron chi connectivity index (χ2n) is 4.32. The molecule has 1 rings (SSSR count). The van der Waals surface area contributed by atoms with Crippen LogP contribution in [0.2, 0.25) is 0 Å². The molecule has 0 aromatic carbocycles. The van der Waals surface area contributed by atoms with Gasteiger partial charge in [-0.3, -0.25) is 4.79 Å². The average Bonchev–Trinajstić information content (AvgIpc) is 2.70. The molecule has 1 fully saturated rings. The number of hydrogen-bond acceptors (Lipinski definition) is 4. The Morgan fingerprint density at radius 3 is 2.59 bits per heavy atom. The molecule has 1 saturated heterocycles. The molecule has 0 bridgehead atoms. The van der Waals surface area contributed by atoms with Gasteiger partial charge in [-0.1, -0.05) is 26.7 Å². The fourth-order valence-electron chi connectivity index (χ4n) is 2.01. The summed E-state index contributed by atoms with van der Waals surface area (Å²) in [4.78, 5) is 24.6. The van der Waals surface area contributed by atoms with Crippen LogP contribution in [0.1, 0.15) is 46.0 Å². The second-order valence-corrected chi connectivity index (χ2v) is 5.53. The fourth-order valence-corrected chi connectivity index (χ4v) is 3.53. The highest BCUT2D eigenvalue weighted by molar-refractivity contribution is 8.00. The number of unbranched alkanes of at least 4 members (excludes halogenated alkanes) is 1. The third-order valence-electron chi connectivity index (χ3n) is 2.93. The lowest BCUT2D eigenvalue weighted by molar-refractivity contribution is -0.310. The maximum Gasteiger partial charge on any atom is 0.224 e. The van der Waals surface area contributed by atoms with Crippen molar-refractivity contribution in [2.75, 3.05) is 5.75 Å². The molecule has 1 heterocycles. The second kappa shape index (κ2) is 6.89. The predicted octanol–water partition coefficient (Wildman–Crippen LogP) is 0.997. The molecule has 0 saturated carbocycles. The Morgan fingerprint density at radius 2 is 2.06 bits per heavy atom. The molecule has 4 nitrogen and oxygen atoms in total. The van der Waals surface area contributed by atoms with Crippen LogP contribution in [0.15, 0.2) is 0 Å². The van der Waals surface area contributed by atoms with Gasteiger partial charge in [0.2, 0.25) is 5.91 Å². The molecule has 1 aliphatic heterocycles. The van der Waals surface area contributed by atoms with Crippen molar-refractivity contribution in [1.29, 1.82) is 0 Å². The Balaban J connectivity index is 2.70. The highest BCUT2D eigenvalue weighted by Crippen LogP contribution is 2.32. The van der Waals surface area contributed by atoms with E-state index in [4.69, 9.17) is 0 Å². The van der Waals surface area contributed by atoms with Crippen LogP contribution in [0.5, 0.6) is 0 Å². The summed E-state index contributed by atoms with van der Waals surface area (Å²) in [6.07, 6.45) is 4.02. The maximum atomic E-state index is 12.0. The first kappa shape index (κ1) is 14.4. The van der Waals surface area contributed by atoms with Crippen LogP contribution in [0.3, 0.4) is 0 Å². The monoisotopic (exact) mass is 258 g/mol. The number of thioether (sulfide) groups is 1. The van der Waals surface area contributed by atoms with Gasteiger partial charge >= 0.3 is 0 Å². The number of rotatable bonds is 6. The third-order valence-corrected chi connectivity index (χ3v) is 4.29. The van der Waals surface area contributed by atoms with Crippen molar-refractivity contribution in [3.63, 3.8) is 0 Å². The summed E-state index contributed by atoms with van der Waals surface area (Å²) in [6.45, 7) is 4.06. The number of carbonyl (C=O) groups excluding carboxylic acids is 2. The molecule has 0 spiro atoms. The molecule has 0 aromatic heterocycles. The number of amides is 1. The molecule has 1 amide bonds. The lowest BCUT2D eigenvalue weighted by atomic mass is 10.2. The average molecular weight is 258 g/mol. The van der Waals surface area contributed by atoms with E-state index < -0.39 is 12.0 Å². The standard InChI is InChI=1S/C12H21NO3S/c1-3-5-7-10(14)13-9(12(15)16)8-17-11(13)6-4-2/h9,11H,3-8H2,1-2H3,(H,15,16)/p-1/t9-,11+/m0/s1. The number of carboxylic acid groups (broad SMARTS) is 1. The van der Waals surface area contributed by atoms with Gasteiger partial charge in [0.15, 0.2) is 0 Å². The van der Waals surface area contributed by atoms with Crippen molar-refractivity contribution < 1.29 is 14.7 Å². The van der Waals surface area contributed by atoms with E-state index in [0.29, 0.717) is 12.2 Å². The number of aliphatic carboxylic acids is 1. The van der Waals surface area contributed by atoms with E-state index in [2.05, 4.69) is 0 Å². The summed E-state index contributed by atoms with van der Waals surface area (Å²) >= 11 is 1.56. The Labute approximate surface area is 107 Å². The quantitative estimate of drug-likeness (QED) is 0.713. The topological polar surface area (TPSA) is 60.4 Å². The molecule has 0 N–H and O–H groups in total. The lowest BCUT2D eigenvalue weighted by Gasteiger charge is -2.30. The molecule has 2 atom stereocenters. The largest absolute Gasteiger partial charge is 0.548 e. The summed E-state index contributed by atoms with van der Waals surface area (Å²) in [7, 11) is 0. The van der Waals surface area contributed by atoms with E-state index in [1.54, 1.807) is 16.7 Å². The van der Waals surface area contributed by atoms with Crippen LogP contribution in [0.25, 0.3) is 0 Å². The van der Waals surface area contributed by atoms with E-state index in [9.17, 15) is 14.7 Å². The lowest BCUT2D eigenvalue weighted by Crippen LogP contribution is -2.50. The Kier molecular flexibility index (Phi) is 5.82. The van der Waals surface area contributed by atoms with E-state index in [1.165, 1.54) is 0 Å². The van der Waals surface area contributed by atoms with E-state index >= 15 is 0 Å². The number of hydrogen-bond donors (Lipinski definition) is 0. The van der Waals surface area contributed by atoms with Crippen LogP contribution in [0, 0.1) is 0 Å². The summed E-state index contributed by atoms with van der Waals surface area (Å²) in [5, 5.41) is 11.0. The van der Waals surface area contributed by atoms with Gasteiger partial charge in [0.05, 0.1) is 17.4 Å². The van der Waals surface area contributed by atoms with Crippen LogP contribution in [-0.4, -0.2) is 33.9 Å². The molecular weight excluding hydrogens is 238 g/mol. The molecule has 0 aliphatic carbocycles. The van der Waals surface area contributed by atoms with Crippen molar-refractivity contribution >= 4 is 23.6 Å². The van der Waals surface area contributed by atoms with Crippen LogP contribution >= 0.6 is 11.8 Å². The molecule has 98 valence electrons. The zero-order valence-electron chi connectivity index (χ0n) is 10.5. The van der Waals surface area contributed by atoms with Crippen molar-refractivity contribution in [3.05, 3.63) is 0 Å². The molecule has 0 radical (unpaired) electrons. The van der Waals surface area contributed by atoms with Gasteiger partial charge in [-0.25, -0.2) is 0 Å². The Hall–Kier alpha value is -0.710. The summed E-state index contributed by atoms with van der Waals surface area (Å²) in [5.74, 6) is -0.698. The molecule has 0 unspecified atom stereocenters. The smallest absolute Gasteiger partial charge is 0.224 e. The third kappa shape index (κ3) is 3.63. The zero-order valence-corrected chi connectivity index (χ0v) is 11.3. The first-order valence-corrected chi connectivity index (χ1v) is 7.30. The van der Waals surface area contributed by atoms with Crippen LogP contribution < -0.4 is 5.11 Å². The summed E-state index contributed by atoms with van der Waals surface area (Å²) < 4.78 is 0. The van der Waals surface area contributed by atoms with Crippen molar-refractivity contribution in [2.45, 2.75) is 57.4 Å². The van der Waals surface area contributed by atoms with Gasteiger partial charge in [0.25, 0.3) is 0 Å². The predicted molar refractivity (Wildman–Crippen MR) is 66.3 cm³/mol. The van der Waals surface area contributed by atoms with E-state index in [1.807, 2.05) is 13.8 Å². The molecule has 0 aromatic rings. The fraction of sp³-hybridized carbons (Fsp3) is 0.833. The number of nitrogens with zero attached hydrogens (tertiary/aromatic N) is 1. The van der Waals surface area contributed by atoms with Gasteiger partial charge in [0.1, 0.15) is 0 Å². The Bertz CT molecular complexity index is 283. The highest BCUT2D eigenvalue weighted by atomic mass is 32.2. The minimum absolute atomic E-state index is 0.0206. The Morgan fingerprint density at radius 1 is 1.35 bits per heavy atom. The van der Waals surface area contributed by atoms with Crippen molar-refractivity contribution in [1.82, 2.24) is 4.90 Å². The molecule has 5 heteroatoms. The molecule has 17 heavy (non-hydrogen) atoms. The normalized spacial score (nSPS) is 24.0. The van der Waals surface area contributed by atoms with Gasteiger partial charge < -0.3 is 14.8 Å². The summed E-state index contributed by atoms with van der Waals surface area (Å²) in [6, 6.07) is -0.735. The number of carboxylic acids is 1. The maximum absolute atomic E-state index is 12.0. The minimum Gasteiger partial charge on any atom is -0.548 e. The zero-order chi connectivity index (χ0) is 12.8. The van der Waals surface area contributed by atoms with Crippen LogP contribution in [0.4, 0.5) is 0 Å². The van der Waals surface area contributed by atoms with E-state index in [0.717, 1.165) is 25.7 Å².